The van der Waals surface area contributed by atoms with E-state index in [-0.39, 0.29) is 18.6 Å². The van der Waals surface area contributed by atoms with Crippen molar-refractivity contribution < 1.29 is 9.90 Å². The summed E-state index contributed by atoms with van der Waals surface area (Å²) in [6, 6.07) is 2.15. The van der Waals surface area contributed by atoms with Gasteiger partial charge in [-0.1, -0.05) is 25.5 Å². The third-order valence-electron chi connectivity index (χ3n) is 3.17. The van der Waals surface area contributed by atoms with Gasteiger partial charge in [-0.2, -0.15) is 0 Å². The van der Waals surface area contributed by atoms with Gasteiger partial charge in [-0.3, -0.25) is 4.79 Å². The molecule has 2 rings (SSSR count). The molecule has 0 bridgehead atoms. The summed E-state index contributed by atoms with van der Waals surface area (Å²) in [6.07, 6.45) is 9.72. The predicted molar refractivity (Wildman–Crippen MR) is 78.8 cm³/mol. The molecule has 1 amide bonds. The predicted octanol–water partition coefficient (Wildman–Crippen LogP) is 2.82. The lowest BCUT2D eigenvalue weighted by molar-refractivity contribution is -0.126. The van der Waals surface area contributed by atoms with Crippen molar-refractivity contribution in [1.82, 2.24) is 4.90 Å². The average molecular weight is 277 g/mol. The number of thiophene rings is 1. The van der Waals surface area contributed by atoms with Crippen molar-refractivity contribution >= 4 is 23.3 Å². The van der Waals surface area contributed by atoms with E-state index < -0.39 is 0 Å². The summed E-state index contributed by atoms with van der Waals surface area (Å²) in [7, 11) is 0. The van der Waals surface area contributed by atoms with E-state index >= 15 is 0 Å². The highest BCUT2D eigenvalue weighted by molar-refractivity contribution is 7.11. The fourth-order valence-corrected chi connectivity index (χ4v) is 2.98. The molecule has 3 nitrogen and oxygen atoms in total. The van der Waals surface area contributed by atoms with Crippen molar-refractivity contribution in [3.8, 4) is 0 Å². The van der Waals surface area contributed by atoms with Gasteiger partial charge in [-0.25, -0.2) is 0 Å². The Hall–Kier alpha value is -1.39. The summed E-state index contributed by atoms with van der Waals surface area (Å²) < 4.78 is 0. The first-order valence-electron chi connectivity index (χ1n) is 6.58. The number of hydrogen-bond donors (Lipinski definition) is 1. The topological polar surface area (TPSA) is 40.5 Å². The van der Waals surface area contributed by atoms with Crippen LogP contribution in [-0.4, -0.2) is 28.5 Å². The highest BCUT2D eigenvalue weighted by Gasteiger charge is 2.21. The fraction of sp³-hybridized carbons (Fsp3) is 0.400. The molecule has 0 saturated carbocycles. The highest BCUT2D eigenvalue weighted by Crippen LogP contribution is 2.18. The van der Waals surface area contributed by atoms with Crippen LogP contribution in [0.15, 0.2) is 29.7 Å². The molecule has 0 fully saturated rings. The molecule has 1 aliphatic rings. The second kappa shape index (κ2) is 6.68. The normalized spacial score (nSPS) is 18.6. The molecule has 0 radical (unpaired) electrons. The van der Waals surface area contributed by atoms with E-state index in [0.29, 0.717) is 6.54 Å². The summed E-state index contributed by atoms with van der Waals surface area (Å²) in [6.45, 7) is 2.89. The molecule has 19 heavy (non-hydrogen) atoms. The van der Waals surface area contributed by atoms with Crippen molar-refractivity contribution in [3.63, 3.8) is 0 Å². The van der Waals surface area contributed by atoms with Gasteiger partial charge in [0.2, 0.25) is 5.91 Å². The summed E-state index contributed by atoms with van der Waals surface area (Å²) in [5.41, 5.74) is 0.892. The molecule has 0 aromatic carbocycles. The average Bonchev–Trinajstić information content (AvgIpc) is 3.05. The molecule has 1 N–H and O–H groups in total. The molecule has 1 aliphatic heterocycles. The van der Waals surface area contributed by atoms with Gasteiger partial charge in [0.15, 0.2) is 0 Å². The summed E-state index contributed by atoms with van der Waals surface area (Å²) in [5.74, 6) is 0.0578. The smallest absolute Gasteiger partial charge is 0.247 e. The van der Waals surface area contributed by atoms with E-state index in [9.17, 15) is 4.79 Å². The third-order valence-corrected chi connectivity index (χ3v) is 4.12. The molecule has 0 aliphatic carbocycles. The van der Waals surface area contributed by atoms with Crippen LogP contribution in [0.3, 0.4) is 0 Å². The number of nitrogens with zero attached hydrogens (tertiary/aromatic N) is 1. The van der Waals surface area contributed by atoms with Gasteiger partial charge in [0.1, 0.15) is 0 Å². The van der Waals surface area contributed by atoms with Crippen LogP contribution in [0.2, 0.25) is 0 Å². The largest absolute Gasteiger partial charge is 0.392 e. The quantitative estimate of drug-likeness (QED) is 0.664. The molecular formula is C15H19NO2S. The van der Waals surface area contributed by atoms with E-state index in [1.807, 2.05) is 22.4 Å². The van der Waals surface area contributed by atoms with Crippen LogP contribution in [0.25, 0.3) is 6.08 Å². The first-order valence-corrected chi connectivity index (χ1v) is 7.46. The van der Waals surface area contributed by atoms with Crippen LogP contribution in [0.1, 0.15) is 30.2 Å². The van der Waals surface area contributed by atoms with Crippen molar-refractivity contribution in [2.75, 3.05) is 6.54 Å². The standard InChI is InChI=1S/C15H19NO2S/c1-2-4-13-5-3-8-16(13)15(18)7-6-14-9-12(10-17)11-19-14/h3,5-7,9,11,13,17H,2,4,8,10H2,1H3. The number of carbonyl (C=O) groups is 1. The minimum absolute atomic E-state index is 0.0485. The Balaban J connectivity index is 1.96. The zero-order valence-electron chi connectivity index (χ0n) is 11.1. The van der Waals surface area contributed by atoms with E-state index in [1.54, 1.807) is 6.08 Å². The van der Waals surface area contributed by atoms with Gasteiger partial charge in [0.25, 0.3) is 0 Å². The number of carbonyl (C=O) groups excluding carboxylic acids is 1. The second-order valence-corrected chi connectivity index (χ2v) is 5.57. The van der Waals surface area contributed by atoms with Gasteiger partial charge >= 0.3 is 0 Å². The van der Waals surface area contributed by atoms with Gasteiger partial charge in [-0.05, 0) is 29.5 Å². The highest BCUT2D eigenvalue weighted by atomic mass is 32.1. The number of amides is 1. The van der Waals surface area contributed by atoms with E-state index in [4.69, 9.17) is 5.11 Å². The van der Waals surface area contributed by atoms with E-state index in [1.165, 1.54) is 11.3 Å². The zero-order chi connectivity index (χ0) is 13.7. The van der Waals surface area contributed by atoms with Crippen LogP contribution in [-0.2, 0) is 11.4 Å². The van der Waals surface area contributed by atoms with Crippen LogP contribution in [0.5, 0.6) is 0 Å². The van der Waals surface area contributed by atoms with E-state index in [0.717, 1.165) is 23.3 Å². The second-order valence-electron chi connectivity index (χ2n) is 4.62. The molecule has 0 spiro atoms. The summed E-state index contributed by atoms with van der Waals surface area (Å²) >= 11 is 1.54. The Kier molecular flexibility index (Phi) is 4.93. The molecular weight excluding hydrogens is 258 g/mol. The molecule has 1 aromatic rings. The molecule has 1 aromatic heterocycles. The first-order chi connectivity index (χ1) is 9.24. The summed E-state index contributed by atoms with van der Waals surface area (Å²) in [5, 5.41) is 10.9. The van der Waals surface area contributed by atoms with Gasteiger partial charge in [0.05, 0.1) is 12.6 Å². The van der Waals surface area contributed by atoms with Crippen molar-refractivity contribution in [1.29, 1.82) is 0 Å². The minimum Gasteiger partial charge on any atom is -0.392 e. The Morgan fingerprint density at radius 3 is 3.16 bits per heavy atom. The van der Waals surface area contributed by atoms with Gasteiger partial charge in [0, 0.05) is 17.5 Å². The van der Waals surface area contributed by atoms with Crippen molar-refractivity contribution in [3.05, 3.63) is 40.1 Å². The number of hydrogen-bond acceptors (Lipinski definition) is 3. The Morgan fingerprint density at radius 1 is 1.63 bits per heavy atom. The Morgan fingerprint density at radius 2 is 2.47 bits per heavy atom. The Bertz CT molecular complexity index is 490. The first kappa shape index (κ1) is 14.0. The molecule has 0 saturated heterocycles. The van der Waals surface area contributed by atoms with Crippen LogP contribution in [0.4, 0.5) is 0 Å². The van der Waals surface area contributed by atoms with Crippen LogP contribution in [0, 0.1) is 0 Å². The summed E-state index contributed by atoms with van der Waals surface area (Å²) in [4.78, 5) is 15.0. The molecule has 1 atom stereocenters. The SMILES string of the molecule is CCCC1C=CCN1C(=O)C=Cc1cc(CO)cs1. The number of aliphatic hydroxyl groups excluding tert-OH is 1. The Labute approximate surface area is 117 Å². The zero-order valence-corrected chi connectivity index (χ0v) is 11.9. The minimum atomic E-state index is 0.0485. The molecule has 4 heteroatoms. The van der Waals surface area contributed by atoms with Gasteiger partial charge < -0.3 is 10.0 Å². The fourth-order valence-electron chi connectivity index (χ4n) is 2.19. The lowest BCUT2D eigenvalue weighted by atomic mass is 10.1. The monoisotopic (exact) mass is 277 g/mol. The maximum atomic E-state index is 12.1. The number of rotatable bonds is 5. The molecule has 102 valence electrons. The lowest BCUT2D eigenvalue weighted by Crippen LogP contribution is -2.34. The maximum absolute atomic E-state index is 12.1. The molecule has 1 unspecified atom stereocenters. The van der Waals surface area contributed by atoms with E-state index in [2.05, 4.69) is 19.1 Å². The molecule has 2 heterocycles. The van der Waals surface area contributed by atoms with Crippen LogP contribution < -0.4 is 0 Å². The third kappa shape index (κ3) is 3.55. The van der Waals surface area contributed by atoms with Gasteiger partial charge in [-0.15, -0.1) is 11.3 Å². The number of aliphatic hydroxyl groups is 1. The van der Waals surface area contributed by atoms with Crippen LogP contribution >= 0.6 is 11.3 Å². The maximum Gasteiger partial charge on any atom is 0.247 e. The van der Waals surface area contributed by atoms with Crippen molar-refractivity contribution in [2.24, 2.45) is 0 Å². The van der Waals surface area contributed by atoms with Crippen molar-refractivity contribution in [2.45, 2.75) is 32.4 Å². The lowest BCUT2D eigenvalue weighted by Gasteiger charge is -2.22.